The van der Waals surface area contributed by atoms with Crippen molar-refractivity contribution in [2.45, 2.75) is 12.5 Å². The van der Waals surface area contributed by atoms with Gasteiger partial charge in [-0.1, -0.05) is 6.07 Å². The molecular weight excluding hydrogens is 244 g/mol. The van der Waals surface area contributed by atoms with Crippen LogP contribution in [0.1, 0.15) is 5.69 Å². The summed E-state index contributed by atoms with van der Waals surface area (Å²) in [6.07, 6.45) is 2.52. The minimum absolute atomic E-state index is 0. The molecule has 0 aromatic carbocycles. The van der Waals surface area contributed by atoms with Gasteiger partial charge >= 0.3 is 0 Å². The second-order valence-corrected chi connectivity index (χ2v) is 2.52. The standard InChI is InChI=1S/C8H13N3.3ClH/c9-6-7(10)5-8-3-1-2-4-11-8;;;/h1-4,7H,5-6,9-10H2;3*1H. The molecule has 0 amide bonds. The number of pyridine rings is 1. The molecule has 84 valence electrons. The van der Waals surface area contributed by atoms with E-state index in [1.165, 1.54) is 0 Å². The van der Waals surface area contributed by atoms with Crippen molar-refractivity contribution in [3.05, 3.63) is 30.1 Å². The number of aromatic nitrogens is 1. The van der Waals surface area contributed by atoms with Gasteiger partial charge in [0, 0.05) is 30.9 Å². The summed E-state index contributed by atoms with van der Waals surface area (Å²) in [6.45, 7) is 0.510. The Balaban J connectivity index is -0.000000403. The summed E-state index contributed by atoms with van der Waals surface area (Å²) < 4.78 is 0. The highest BCUT2D eigenvalue weighted by atomic mass is 35.5. The second kappa shape index (κ2) is 11.0. The lowest BCUT2D eigenvalue weighted by Crippen LogP contribution is -2.31. The summed E-state index contributed by atoms with van der Waals surface area (Å²) in [6, 6.07) is 5.82. The van der Waals surface area contributed by atoms with E-state index in [1.54, 1.807) is 6.20 Å². The van der Waals surface area contributed by atoms with Gasteiger partial charge in [-0.3, -0.25) is 4.98 Å². The monoisotopic (exact) mass is 259 g/mol. The van der Waals surface area contributed by atoms with Crippen molar-refractivity contribution in [2.24, 2.45) is 11.5 Å². The number of rotatable bonds is 3. The number of nitrogens with zero attached hydrogens (tertiary/aromatic N) is 1. The number of hydrogen-bond acceptors (Lipinski definition) is 3. The summed E-state index contributed by atoms with van der Waals surface area (Å²) in [5, 5.41) is 0. The summed E-state index contributed by atoms with van der Waals surface area (Å²) in [4.78, 5) is 4.13. The van der Waals surface area contributed by atoms with E-state index in [0.717, 1.165) is 12.1 Å². The topological polar surface area (TPSA) is 64.9 Å². The van der Waals surface area contributed by atoms with Crippen LogP contribution in [0.2, 0.25) is 0 Å². The van der Waals surface area contributed by atoms with Crippen LogP contribution in [0.25, 0.3) is 0 Å². The van der Waals surface area contributed by atoms with Gasteiger partial charge in [0.2, 0.25) is 0 Å². The van der Waals surface area contributed by atoms with Gasteiger partial charge in [-0.15, -0.1) is 37.2 Å². The zero-order chi connectivity index (χ0) is 8.10. The fourth-order valence-corrected chi connectivity index (χ4v) is 0.871. The molecular formula is C8H16Cl3N3. The van der Waals surface area contributed by atoms with Crippen molar-refractivity contribution in [3.63, 3.8) is 0 Å². The van der Waals surface area contributed by atoms with Gasteiger partial charge in [0.1, 0.15) is 0 Å². The van der Waals surface area contributed by atoms with Gasteiger partial charge in [-0.05, 0) is 12.1 Å². The van der Waals surface area contributed by atoms with Crippen molar-refractivity contribution >= 4 is 37.2 Å². The SMILES string of the molecule is Cl.Cl.Cl.NCC(N)Cc1ccccn1. The third kappa shape index (κ3) is 7.35. The first-order valence-electron chi connectivity index (χ1n) is 3.68. The summed E-state index contributed by atoms with van der Waals surface area (Å²) in [5.74, 6) is 0. The smallest absolute Gasteiger partial charge is 0.0419 e. The third-order valence-electron chi connectivity index (χ3n) is 1.50. The third-order valence-corrected chi connectivity index (χ3v) is 1.50. The van der Waals surface area contributed by atoms with Gasteiger partial charge in [-0.25, -0.2) is 0 Å². The van der Waals surface area contributed by atoms with Crippen molar-refractivity contribution < 1.29 is 0 Å². The molecule has 1 rings (SSSR count). The summed E-state index contributed by atoms with van der Waals surface area (Å²) in [5.41, 5.74) is 12.0. The van der Waals surface area contributed by atoms with Gasteiger partial charge in [0.05, 0.1) is 0 Å². The van der Waals surface area contributed by atoms with E-state index in [-0.39, 0.29) is 43.3 Å². The predicted molar refractivity (Wildman–Crippen MR) is 66.7 cm³/mol. The number of nitrogens with two attached hydrogens (primary N) is 2. The van der Waals surface area contributed by atoms with E-state index < -0.39 is 0 Å². The maximum atomic E-state index is 5.64. The Kier molecular flexibility index (Phi) is 15.3. The quantitative estimate of drug-likeness (QED) is 0.858. The zero-order valence-electron chi connectivity index (χ0n) is 7.63. The average molecular weight is 261 g/mol. The largest absolute Gasteiger partial charge is 0.329 e. The molecule has 1 aromatic rings. The van der Waals surface area contributed by atoms with Crippen LogP contribution in [0.5, 0.6) is 0 Å². The van der Waals surface area contributed by atoms with Crippen molar-refractivity contribution in [1.29, 1.82) is 0 Å². The first kappa shape index (κ1) is 19.5. The van der Waals surface area contributed by atoms with Crippen molar-refractivity contribution in [1.82, 2.24) is 4.98 Å². The van der Waals surface area contributed by atoms with E-state index in [2.05, 4.69) is 4.98 Å². The number of halogens is 3. The van der Waals surface area contributed by atoms with Crippen LogP contribution in [0.15, 0.2) is 24.4 Å². The summed E-state index contributed by atoms with van der Waals surface area (Å²) >= 11 is 0. The lowest BCUT2D eigenvalue weighted by Gasteiger charge is -2.06. The molecule has 0 spiro atoms. The van der Waals surface area contributed by atoms with E-state index in [4.69, 9.17) is 11.5 Å². The van der Waals surface area contributed by atoms with Crippen LogP contribution >= 0.6 is 37.2 Å². The highest BCUT2D eigenvalue weighted by Gasteiger charge is 2.00. The molecule has 0 bridgehead atoms. The maximum absolute atomic E-state index is 5.64. The Morgan fingerprint density at radius 3 is 2.29 bits per heavy atom. The normalized spacial score (nSPS) is 10.1. The lowest BCUT2D eigenvalue weighted by molar-refractivity contribution is 0.667. The maximum Gasteiger partial charge on any atom is 0.0419 e. The van der Waals surface area contributed by atoms with Gasteiger partial charge in [0.15, 0.2) is 0 Å². The highest BCUT2D eigenvalue weighted by Crippen LogP contribution is 1.95. The van der Waals surface area contributed by atoms with E-state index in [1.807, 2.05) is 18.2 Å². The molecule has 0 saturated heterocycles. The van der Waals surface area contributed by atoms with E-state index in [9.17, 15) is 0 Å². The Morgan fingerprint density at radius 2 is 1.86 bits per heavy atom. The molecule has 0 aliphatic heterocycles. The van der Waals surface area contributed by atoms with Gasteiger partial charge in [0.25, 0.3) is 0 Å². The Bertz CT molecular complexity index is 208. The molecule has 0 fully saturated rings. The Morgan fingerprint density at radius 1 is 1.21 bits per heavy atom. The summed E-state index contributed by atoms with van der Waals surface area (Å²) in [7, 11) is 0. The van der Waals surface area contributed by atoms with Crippen LogP contribution < -0.4 is 11.5 Å². The van der Waals surface area contributed by atoms with Crippen LogP contribution in [0.4, 0.5) is 0 Å². The fraction of sp³-hybridized carbons (Fsp3) is 0.375. The molecule has 1 unspecified atom stereocenters. The predicted octanol–water partition coefficient (Wildman–Crippen LogP) is 1.18. The first-order chi connectivity index (χ1) is 5.33. The Hall–Kier alpha value is -0.0600. The molecule has 0 saturated carbocycles. The minimum atomic E-state index is 0. The minimum Gasteiger partial charge on any atom is -0.329 e. The molecule has 1 aromatic heterocycles. The molecule has 4 N–H and O–H groups in total. The van der Waals surface area contributed by atoms with Crippen LogP contribution in [0.3, 0.4) is 0 Å². The molecule has 3 nitrogen and oxygen atoms in total. The van der Waals surface area contributed by atoms with Gasteiger partial charge in [-0.2, -0.15) is 0 Å². The zero-order valence-corrected chi connectivity index (χ0v) is 10.1. The molecule has 1 atom stereocenters. The highest BCUT2D eigenvalue weighted by molar-refractivity contribution is 5.86. The molecule has 0 radical (unpaired) electrons. The average Bonchev–Trinajstić information content (AvgIpc) is 2.06. The molecule has 0 aliphatic rings. The fourth-order valence-electron chi connectivity index (χ4n) is 0.871. The lowest BCUT2D eigenvalue weighted by atomic mass is 10.1. The van der Waals surface area contributed by atoms with Crippen molar-refractivity contribution in [3.8, 4) is 0 Å². The van der Waals surface area contributed by atoms with E-state index >= 15 is 0 Å². The van der Waals surface area contributed by atoms with E-state index in [0.29, 0.717) is 6.54 Å². The molecule has 14 heavy (non-hydrogen) atoms. The van der Waals surface area contributed by atoms with Crippen LogP contribution in [-0.4, -0.2) is 17.6 Å². The van der Waals surface area contributed by atoms with Crippen LogP contribution in [0, 0.1) is 0 Å². The van der Waals surface area contributed by atoms with Crippen molar-refractivity contribution in [2.75, 3.05) is 6.54 Å². The first-order valence-corrected chi connectivity index (χ1v) is 3.68. The Labute approximate surface area is 103 Å². The number of hydrogen-bond donors (Lipinski definition) is 2. The van der Waals surface area contributed by atoms with Crippen LogP contribution in [-0.2, 0) is 6.42 Å². The molecule has 0 aliphatic carbocycles. The molecule has 6 heteroatoms. The van der Waals surface area contributed by atoms with Gasteiger partial charge < -0.3 is 11.5 Å². The second-order valence-electron chi connectivity index (χ2n) is 2.52. The molecule has 1 heterocycles.